The van der Waals surface area contributed by atoms with E-state index in [1.807, 2.05) is 0 Å². The highest BCUT2D eigenvalue weighted by Gasteiger charge is 1.94. The van der Waals surface area contributed by atoms with Gasteiger partial charge in [0.15, 0.2) is 0 Å². The second-order valence-electron chi connectivity index (χ2n) is 1.66. The van der Waals surface area contributed by atoms with E-state index < -0.39 is 0 Å². The van der Waals surface area contributed by atoms with Crippen LogP contribution in [0.4, 0.5) is 5.95 Å². The first-order chi connectivity index (χ1) is 4.20. The molecule has 9 heavy (non-hydrogen) atoms. The number of hydrogen-bond donors (Lipinski definition) is 1. The molecule has 0 aromatic carbocycles. The molecule has 1 rings (SSSR count). The maximum atomic E-state index is 5.60. The number of nitrogens with zero attached hydrogens (tertiary/aromatic N) is 2. The van der Waals surface area contributed by atoms with Crippen LogP contribution in [0.25, 0.3) is 0 Å². The first kappa shape index (κ1) is 6.29. The fourth-order valence-electron chi connectivity index (χ4n) is 0.470. The van der Waals surface area contributed by atoms with Gasteiger partial charge in [0, 0.05) is 0 Å². The topological polar surface area (TPSA) is 51.8 Å². The molecule has 4 heteroatoms. The summed E-state index contributed by atoms with van der Waals surface area (Å²) in [7, 11) is 0. The molecule has 0 spiro atoms. The quantitative estimate of drug-likeness (QED) is 0.590. The Labute approximate surface area is 57.9 Å². The Bertz CT molecular complexity index is 223. The molecule has 48 valence electrons. The van der Waals surface area contributed by atoms with Gasteiger partial charge < -0.3 is 5.73 Å². The Balaban J connectivity index is 3.17. The molecule has 0 radical (unpaired) electrons. The van der Waals surface area contributed by atoms with Gasteiger partial charge in [0.05, 0.1) is 16.9 Å². The number of aryl methyl sites for hydroxylation is 1. The van der Waals surface area contributed by atoms with E-state index in [-0.39, 0.29) is 5.95 Å². The van der Waals surface area contributed by atoms with Crippen LogP contribution in [0, 0.1) is 6.92 Å². The third-order valence-corrected chi connectivity index (χ3v) is 1.31. The Morgan fingerprint density at radius 3 is 2.78 bits per heavy atom. The van der Waals surface area contributed by atoms with Crippen molar-refractivity contribution in [2.75, 3.05) is 5.73 Å². The summed E-state index contributed by atoms with van der Waals surface area (Å²) >= 11 is 5.60. The van der Waals surface area contributed by atoms with Crippen molar-refractivity contribution < 1.29 is 0 Å². The Morgan fingerprint density at radius 2 is 2.33 bits per heavy atom. The van der Waals surface area contributed by atoms with Crippen molar-refractivity contribution in [3.05, 3.63) is 16.9 Å². The number of rotatable bonds is 0. The van der Waals surface area contributed by atoms with Crippen LogP contribution in [0.15, 0.2) is 6.20 Å². The molecule has 0 amide bonds. The third-order valence-electron chi connectivity index (χ3n) is 0.938. The largest absolute Gasteiger partial charge is 0.368 e. The second-order valence-corrected chi connectivity index (χ2v) is 2.07. The number of hydrogen-bond acceptors (Lipinski definition) is 3. The Kier molecular flexibility index (Phi) is 1.53. The molecule has 0 bridgehead atoms. The third kappa shape index (κ3) is 1.29. The van der Waals surface area contributed by atoms with Crippen molar-refractivity contribution in [1.29, 1.82) is 0 Å². The minimum atomic E-state index is 0.261. The van der Waals surface area contributed by atoms with E-state index in [9.17, 15) is 0 Å². The second kappa shape index (κ2) is 2.19. The summed E-state index contributed by atoms with van der Waals surface area (Å²) in [6.45, 7) is 1.78. The van der Waals surface area contributed by atoms with Gasteiger partial charge in [-0.25, -0.2) is 9.97 Å². The van der Waals surface area contributed by atoms with Gasteiger partial charge in [0.2, 0.25) is 5.95 Å². The lowest BCUT2D eigenvalue weighted by molar-refractivity contribution is 1.12. The van der Waals surface area contributed by atoms with Crippen molar-refractivity contribution in [2.24, 2.45) is 0 Å². The zero-order valence-electron chi connectivity index (χ0n) is 4.93. The van der Waals surface area contributed by atoms with E-state index >= 15 is 0 Å². The van der Waals surface area contributed by atoms with Gasteiger partial charge in [0.25, 0.3) is 0 Å². The molecule has 2 N–H and O–H groups in total. The molecular weight excluding hydrogens is 138 g/mol. The van der Waals surface area contributed by atoms with Crippen LogP contribution in [0.3, 0.4) is 0 Å². The van der Waals surface area contributed by atoms with E-state index in [2.05, 4.69) is 9.97 Å². The highest BCUT2D eigenvalue weighted by atomic mass is 35.5. The van der Waals surface area contributed by atoms with Crippen molar-refractivity contribution in [1.82, 2.24) is 9.97 Å². The van der Waals surface area contributed by atoms with Gasteiger partial charge in [-0.1, -0.05) is 11.6 Å². The summed E-state index contributed by atoms with van der Waals surface area (Å²) in [5.74, 6) is 0.261. The van der Waals surface area contributed by atoms with Crippen LogP contribution in [0.1, 0.15) is 5.69 Å². The lowest BCUT2D eigenvalue weighted by Gasteiger charge is -1.94. The molecule has 1 heterocycles. The molecule has 0 atom stereocenters. The average molecular weight is 144 g/mol. The average Bonchev–Trinajstić information content (AvgIpc) is 1.80. The summed E-state index contributed by atoms with van der Waals surface area (Å²) in [4.78, 5) is 7.48. The maximum Gasteiger partial charge on any atom is 0.220 e. The molecular formula is C5H6ClN3. The standard InChI is InChI=1S/C5H6ClN3/c1-3-4(6)2-8-5(7)9-3/h2H,1H3,(H2,7,8,9). The van der Waals surface area contributed by atoms with Crippen molar-refractivity contribution in [3.8, 4) is 0 Å². The van der Waals surface area contributed by atoms with E-state index in [0.29, 0.717) is 10.7 Å². The molecule has 0 unspecified atom stereocenters. The molecule has 0 aliphatic carbocycles. The summed E-state index contributed by atoms with van der Waals surface area (Å²) in [5.41, 5.74) is 5.96. The lowest BCUT2D eigenvalue weighted by Crippen LogP contribution is -1.95. The van der Waals surface area contributed by atoms with E-state index in [4.69, 9.17) is 17.3 Å². The fraction of sp³-hybridized carbons (Fsp3) is 0.200. The molecule has 1 aromatic heterocycles. The molecule has 3 nitrogen and oxygen atoms in total. The van der Waals surface area contributed by atoms with E-state index in [1.165, 1.54) is 6.20 Å². The van der Waals surface area contributed by atoms with Crippen LogP contribution in [-0.4, -0.2) is 9.97 Å². The maximum absolute atomic E-state index is 5.60. The van der Waals surface area contributed by atoms with Gasteiger partial charge >= 0.3 is 0 Å². The van der Waals surface area contributed by atoms with Crippen LogP contribution in [-0.2, 0) is 0 Å². The number of halogens is 1. The minimum absolute atomic E-state index is 0.261. The highest BCUT2D eigenvalue weighted by molar-refractivity contribution is 6.31. The molecule has 0 aliphatic heterocycles. The summed E-state index contributed by atoms with van der Waals surface area (Å²) in [5, 5.41) is 0.546. The summed E-state index contributed by atoms with van der Waals surface area (Å²) in [6, 6.07) is 0. The van der Waals surface area contributed by atoms with E-state index in [0.717, 1.165) is 0 Å². The number of nitrogen functional groups attached to an aromatic ring is 1. The normalized spacial score (nSPS) is 9.56. The van der Waals surface area contributed by atoms with Crippen LogP contribution < -0.4 is 5.73 Å². The molecule has 0 fully saturated rings. The van der Waals surface area contributed by atoms with Crippen LogP contribution >= 0.6 is 11.6 Å². The Morgan fingerprint density at radius 1 is 1.67 bits per heavy atom. The smallest absolute Gasteiger partial charge is 0.220 e. The van der Waals surface area contributed by atoms with Gasteiger partial charge in [-0.15, -0.1) is 0 Å². The highest BCUT2D eigenvalue weighted by Crippen LogP contribution is 2.10. The van der Waals surface area contributed by atoms with Crippen LogP contribution in [0.2, 0.25) is 5.02 Å². The first-order valence-electron chi connectivity index (χ1n) is 2.45. The molecule has 0 aliphatic rings. The van der Waals surface area contributed by atoms with Gasteiger partial charge in [-0.05, 0) is 6.92 Å². The van der Waals surface area contributed by atoms with Gasteiger partial charge in [-0.2, -0.15) is 0 Å². The number of aromatic nitrogens is 2. The molecule has 0 saturated carbocycles. The summed E-state index contributed by atoms with van der Waals surface area (Å²) < 4.78 is 0. The SMILES string of the molecule is Cc1nc(N)ncc1Cl. The Hall–Kier alpha value is -0.830. The lowest BCUT2D eigenvalue weighted by atomic mass is 10.5. The van der Waals surface area contributed by atoms with E-state index in [1.54, 1.807) is 6.92 Å². The molecule has 1 aromatic rings. The predicted octanol–water partition coefficient (Wildman–Crippen LogP) is 1.02. The van der Waals surface area contributed by atoms with Crippen LogP contribution in [0.5, 0.6) is 0 Å². The predicted molar refractivity (Wildman–Crippen MR) is 36.2 cm³/mol. The van der Waals surface area contributed by atoms with Crippen molar-refractivity contribution in [3.63, 3.8) is 0 Å². The minimum Gasteiger partial charge on any atom is -0.368 e. The summed E-state index contributed by atoms with van der Waals surface area (Å²) in [6.07, 6.45) is 1.49. The monoisotopic (exact) mass is 143 g/mol. The van der Waals surface area contributed by atoms with Gasteiger partial charge in [0.1, 0.15) is 0 Å². The van der Waals surface area contributed by atoms with Crippen molar-refractivity contribution in [2.45, 2.75) is 6.92 Å². The zero-order chi connectivity index (χ0) is 6.85. The fourth-order valence-corrected chi connectivity index (χ4v) is 0.561. The van der Waals surface area contributed by atoms with Crippen molar-refractivity contribution >= 4 is 17.5 Å². The van der Waals surface area contributed by atoms with Gasteiger partial charge in [-0.3, -0.25) is 0 Å². The number of anilines is 1. The number of nitrogens with two attached hydrogens (primary N) is 1. The molecule has 0 saturated heterocycles. The zero-order valence-corrected chi connectivity index (χ0v) is 5.68. The first-order valence-corrected chi connectivity index (χ1v) is 2.82.